The predicted octanol–water partition coefficient (Wildman–Crippen LogP) is 2.05. The quantitative estimate of drug-likeness (QED) is 0.744. The minimum atomic E-state index is 0.874. The molecule has 0 radical (unpaired) electrons. The molecule has 0 saturated carbocycles. The van der Waals surface area contributed by atoms with E-state index in [0.29, 0.717) is 0 Å². The van der Waals surface area contributed by atoms with E-state index >= 15 is 0 Å². The molecule has 3 nitrogen and oxygen atoms in total. The molecule has 0 aliphatic carbocycles. The first-order valence-corrected chi connectivity index (χ1v) is 4.59. The Morgan fingerprint density at radius 2 is 2.33 bits per heavy atom. The lowest BCUT2D eigenvalue weighted by atomic mass is 10.3. The minimum Gasteiger partial charge on any atom is -0.234 e. The van der Waals surface area contributed by atoms with E-state index in [-0.39, 0.29) is 0 Å². The van der Waals surface area contributed by atoms with E-state index < -0.39 is 0 Å². The van der Waals surface area contributed by atoms with Crippen LogP contribution in [0.5, 0.6) is 0 Å². The Hall–Kier alpha value is -0.900. The topological polar surface area (TPSA) is 30.2 Å². The monoisotopic (exact) mass is 225 g/mol. The van der Waals surface area contributed by atoms with Gasteiger partial charge in [0, 0.05) is 0 Å². The average Bonchev–Trinajstić information content (AvgIpc) is 2.47. The van der Waals surface area contributed by atoms with Crippen molar-refractivity contribution < 1.29 is 0 Å². The summed E-state index contributed by atoms with van der Waals surface area (Å²) in [6.07, 6.45) is 2.70. The van der Waals surface area contributed by atoms with Crippen LogP contribution in [-0.2, 0) is 6.42 Å². The molecule has 0 amide bonds. The van der Waals surface area contributed by atoms with Gasteiger partial charge in [0.1, 0.15) is 4.60 Å². The van der Waals surface area contributed by atoms with Crippen molar-refractivity contribution in [1.82, 2.24) is 14.6 Å². The number of fused-ring (bicyclic) bond motifs is 1. The number of hydrogen-bond donors (Lipinski definition) is 0. The molecule has 12 heavy (non-hydrogen) atoms. The lowest BCUT2D eigenvalue weighted by molar-refractivity contribution is 0.849. The SMILES string of the molecule is CCc1ccc2ncc(Br)n2n1. The van der Waals surface area contributed by atoms with Gasteiger partial charge in [-0.1, -0.05) is 6.92 Å². The standard InChI is InChI=1S/C8H8BrN3/c1-2-6-3-4-8-10-5-7(9)12(8)11-6/h3-5H,2H2,1H3. The van der Waals surface area contributed by atoms with E-state index in [9.17, 15) is 0 Å². The summed E-state index contributed by atoms with van der Waals surface area (Å²) in [5.74, 6) is 0. The summed E-state index contributed by atoms with van der Waals surface area (Å²) in [6, 6.07) is 3.96. The van der Waals surface area contributed by atoms with Crippen molar-refractivity contribution in [2.45, 2.75) is 13.3 Å². The first-order valence-electron chi connectivity index (χ1n) is 3.80. The van der Waals surface area contributed by atoms with Crippen LogP contribution in [0, 0.1) is 0 Å². The fourth-order valence-corrected chi connectivity index (χ4v) is 1.44. The third-order valence-corrected chi connectivity index (χ3v) is 2.28. The van der Waals surface area contributed by atoms with E-state index in [2.05, 4.69) is 32.9 Å². The van der Waals surface area contributed by atoms with Gasteiger partial charge in [-0.15, -0.1) is 0 Å². The highest BCUT2D eigenvalue weighted by atomic mass is 79.9. The van der Waals surface area contributed by atoms with Crippen molar-refractivity contribution in [1.29, 1.82) is 0 Å². The van der Waals surface area contributed by atoms with Crippen LogP contribution in [0.25, 0.3) is 5.65 Å². The smallest absolute Gasteiger partial charge is 0.154 e. The van der Waals surface area contributed by atoms with Crippen molar-refractivity contribution in [3.63, 3.8) is 0 Å². The van der Waals surface area contributed by atoms with Crippen LogP contribution < -0.4 is 0 Å². The van der Waals surface area contributed by atoms with Crippen LogP contribution in [-0.4, -0.2) is 14.6 Å². The molecule has 0 aliphatic rings. The summed E-state index contributed by atoms with van der Waals surface area (Å²) in [5.41, 5.74) is 1.94. The highest BCUT2D eigenvalue weighted by molar-refractivity contribution is 9.10. The Balaban J connectivity index is 2.71. The summed E-state index contributed by atoms with van der Waals surface area (Å²) < 4.78 is 2.69. The van der Waals surface area contributed by atoms with Crippen molar-refractivity contribution in [3.05, 3.63) is 28.6 Å². The Labute approximate surface area is 78.6 Å². The van der Waals surface area contributed by atoms with Crippen LogP contribution in [0.4, 0.5) is 0 Å². The molecule has 2 aromatic heterocycles. The van der Waals surface area contributed by atoms with Crippen LogP contribution in [0.15, 0.2) is 22.9 Å². The fraction of sp³-hybridized carbons (Fsp3) is 0.250. The van der Waals surface area contributed by atoms with Gasteiger partial charge in [0.2, 0.25) is 0 Å². The van der Waals surface area contributed by atoms with E-state index in [4.69, 9.17) is 0 Å². The zero-order chi connectivity index (χ0) is 8.55. The number of halogens is 1. The number of hydrogen-bond acceptors (Lipinski definition) is 2. The average molecular weight is 226 g/mol. The molecule has 62 valence electrons. The number of imidazole rings is 1. The molecular weight excluding hydrogens is 218 g/mol. The van der Waals surface area contributed by atoms with E-state index in [1.807, 2.05) is 12.1 Å². The summed E-state index contributed by atoms with van der Waals surface area (Å²) >= 11 is 3.37. The predicted molar refractivity (Wildman–Crippen MR) is 50.1 cm³/mol. The van der Waals surface area contributed by atoms with Gasteiger partial charge < -0.3 is 0 Å². The third kappa shape index (κ3) is 1.12. The number of nitrogens with zero attached hydrogens (tertiary/aromatic N) is 3. The molecular formula is C8H8BrN3. The second-order valence-electron chi connectivity index (χ2n) is 2.53. The zero-order valence-electron chi connectivity index (χ0n) is 6.66. The van der Waals surface area contributed by atoms with E-state index in [1.165, 1.54) is 0 Å². The van der Waals surface area contributed by atoms with Gasteiger partial charge in [-0.2, -0.15) is 5.10 Å². The normalized spacial score (nSPS) is 10.8. The van der Waals surface area contributed by atoms with Gasteiger partial charge in [-0.05, 0) is 34.5 Å². The highest BCUT2D eigenvalue weighted by Gasteiger charge is 2.00. The maximum atomic E-state index is 4.36. The van der Waals surface area contributed by atoms with Gasteiger partial charge in [0.25, 0.3) is 0 Å². The molecule has 2 rings (SSSR count). The first-order chi connectivity index (χ1) is 5.81. The van der Waals surface area contributed by atoms with Crippen LogP contribution in [0.2, 0.25) is 0 Å². The Bertz CT molecular complexity index is 408. The molecule has 4 heteroatoms. The second-order valence-corrected chi connectivity index (χ2v) is 3.34. The van der Waals surface area contributed by atoms with Crippen LogP contribution >= 0.6 is 15.9 Å². The lowest BCUT2D eigenvalue weighted by Crippen LogP contribution is -1.96. The second kappa shape index (κ2) is 2.86. The minimum absolute atomic E-state index is 0.874. The highest BCUT2D eigenvalue weighted by Crippen LogP contribution is 2.11. The maximum Gasteiger partial charge on any atom is 0.154 e. The lowest BCUT2D eigenvalue weighted by Gasteiger charge is -1.97. The molecule has 0 fully saturated rings. The van der Waals surface area contributed by atoms with Crippen molar-refractivity contribution in [3.8, 4) is 0 Å². The van der Waals surface area contributed by atoms with Gasteiger partial charge in [0.05, 0.1) is 11.9 Å². The van der Waals surface area contributed by atoms with Crippen LogP contribution in [0.3, 0.4) is 0 Å². The van der Waals surface area contributed by atoms with Crippen molar-refractivity contribution in [2.75, 3.05) is 0 Å². The molecule has 0 unspecified atom stereocenters. The molecule has 2 heterocycles. The van der Waals surface area contributed by atoms with Crippen molar-refractivity contribution >= 4 is 21.6 Å². The van der Waals surface area contributed by atoms with Gasteiger partial charge in [0.15, 0.2) is 5.65 Å². The van der Waals surface area contributed by atoms with E-state index in [1.54, 1.807) is 10.7 Å². The summed E-state index contributed by atoms with van der Waals surface area (Å²) in [7, 11) is 0. The summed E-state index contributed by atoms with van der Waals surface area (Å²) in [5, 5.41) is 4.36. The Morgan fingerprint density at radius 3 is 3.08 bits per heavy atom. The largest absolute Gasteiger partial charge is 0.234 e. The van der Waals surface area contributed by atoms with E-state index in [0.717, 1.165) is 22.4 Å². The molecule has 0 aliphatic heterocycles. The van der Waals surface area contributed by atoms with Crippen molar-refractivity contribution in [2.24, 2.45) is 0 Å². The zero-order valence-corrected chi connectivity index (χ0v) is 8.24. The summed E-state index contributed by atoms with van der Waals surface area (Å²) in [6.45, 7) is 2.08. The molecule has 0 atom stereocenters. The molecule has 0 spiro atoms. The Kier molecular flexibility index (Phi) is 1.84. The molecule has 0 saturated heterocycles. The summed E-state index contributed by atoms with van der Waals surface area (Å²) in [4.78, 5) is 4.15. The maximum absolute atomic E-state index is 4.36. The number of aromatic nitrogens is 3. The fourth-order valence-electron chi connectivity index (χ4n) is 1.07. The van der Waals surface area contributed by atoms with Gasteiger partial charge in [-0.3, -0.25) is 0 Å². The molecule has 0 aromatic carbocycles. The number of aryl methyl sites for hydroxylation is 1. The van der Waals surface area contributed by atoms with Gasteiger partial charge >= 0.3 is 0 Å². The van der Waals surface area contributed by atoms with Crippen LogP contribution in [0.1, 0.15) is 12.6 Å². The number of rotatable bonds is 1. The Morgan fingerprint density at radius 1 is 1.50 bits per heavy atom. The third-order valence-electron chi connectivity index (χ3n) is 1.74. The molecule has 0 bridgehead atoms. The molecule has 0 N–H and O–H groups in total. The van der Waals surface area contributed by atoms with Gasteiger partial charge in [-0.25, -0.2) is 9.50 Å². The molecule has 2 aromatic rings. The first kappa shape index (κ1) is 7.73.